The molecule has 0 spiro atoms. The molecule has 1 aliphatic heterocycles. The van der Waals surface area contributed by atoms with Crippen molar-refractivity contribution in [1.82, 2.24) is 4.57 Å². The van der Waals surface area contributed by atoms with E-state index >= 15 is 0 Å². The SMILES string of the molecule is O=C(CCn1c(=O)oc2ccccc21)OCc1cc2c(cc1Br)OCCO2. The molecule has 140 valence electrons. The van der Waals surface area contributed by atoms with Crippen LogP contribution in [0.15, 0.2) is 50.1 Å². The minimum absolute atomic E-state index is 0.0611. The Morgan fingerprint density at radius 2 is 1.89 bits per heavy atom. The Morgan fingerprint density at radius 1 is 1.15 bits per heavy atom. The minimum Gasteiger partial charge on any atom is -0.486 e. The normalized spacial score (nSPS) is 12.9. The number of carbonyl (C=O) groups is 1. The predicted molar refractivity (Wildman–Crippen MR) is 100 cm³/mol. The number of hydrogen-bond donors (Lipinski definition) is 0. The summed E-state index contributed by atoms with van der Waals surface area (Å²) in [5, 5.41) is 0. The molecule has 27 heavy (non-hydrogen) atoms. The summed E-state index contributed by atoms with van der Waals surface area (Å²) < 4.78 is 23.7. The molecule has 4 rings (SSSR count). The number of aromatic nitrogens is 1. The van der Waals surface area contributed by atoms with Crippen LogP contribution in [0.4, 0.5) is 0 Å². The first-order valence-electron chi connectivity index (χ1n) is 8.44. The number of esters is 1. The summed E-state index contributed by atoms with van der Waals surface area (Å²) in [5.41, 5.74) is 1.93. The fourth-order valence-corrected chi connectivity index (χ4v) is 3.31. The van der Waals surface area contributed by atoms with E-state index in [-0.39, 0.29) is 19.6 Å². The lowest BCUT2D eigenvalue weighted by atomic mass is 10.2. The van der Waals surface area contributed by atoms with Crippen LogP contribution >= 0.6 is 15.9 Å². The Labute approximate surface area is 162 Å². The fraction of sp³-hybridized carbons (Fsp3) is 0.263. The summed E-state index contributed by atoms with van der Waals surface area (Å²) in [6.07, 6.45) is 0.0611. The average Bonchev–Trinajstić information content (AvgIpc) is 2.99. The Bertz CT molecular complexity index is 1050. The zero-order chi connectivity index (χ0) is 18.8. The number of benzene rings is 2. The van der Waals surface area contributed by atoms with E-state index in [2.05, 4.69) is 15.9 Å². The molecule has 0 atom stereocenters. The maximum Gasteiger partial charge on any atom is 0.419 e. The van der Waals surface area contributed by atoms with Crippen molar-refractivity contribution >= 4 is 33.0 Å². The molecule has 0 unspecified atom stereocenters. The van der Waals surface area contributed by atoms with Crippen LogP contribution in [-0.2, 0) is 22.7 Å². The van der Waals surface area contributed by atoms with E-state index in [4.69, 9.17) is 18.6 Å². The van der Waals surface area contributed by atoms with Crippen molar-refractivity contribution in [2.24, 2.45) is 0 Å². The van der Waals surface area contributed by atoms with Gasteiger partial charge in [0.25, 0.3) is 0 Å². The van der Waals surface area contributed by atoms with Gasteiger partial charge in [0.15, 0.2) is 17.1 Å². The van der Waals surface area contributed by atoms with Crippen molar-refractivity contribution in [1.29, 1.82) is 0 Å². The smallest absolute Gasteiger partial charge is 0.419 e. The van der Waals surface area contributed by atoms with Gasteiger partial charge in [0.2, 0.25) is 0 Å². The second-order valence-corrected chi connectivity index (χ2v) is 6.84. The monoisotopic (exact) mass is 433 g/mol. The molecule has 2 aromatic carbocycles. The zero-order valence-corrected chi connectivity index (χ0v) is 15.9. The highest BCUT2D eigenvalue weighted by Gasteiger charge is 2.16. The third-order valence-electron chi connectivity index (χ3n) is 4.21. The molecule has 0 radical (unpaired) electrons. The number of para-hydroxylation sites is 2. The number of hydrogen-bond acceptors (Lipinski definition) is 6. The van der Waals surface area contributed by atoms with Crippen LogP contribution in [0.3, 0.4) is 0 Å². The van der Waals surface area contributed by atoms with E-state index in [1.807, 2.05) is 6.07 Å². The van der Waals surface area contributed by atoms with Gasteiger partial charge in [0.1, 0.15) is 19.8 Å². The van der Waals surface area contributed by atoms with Crippen molar-refractivity contribution in [3.8, 4) is 11.5 Å². The molecule has 0 amide bonds. The summed E-state index contributed by atoms with van der Waals surface area (Å²) in [7, 11) is 0. The molecule has 0 fully saturated rings. The quantitative estimate of drug-likeness (QED) is 0.574. The first-order chi connectivity index (χ1) is 13.1. The number of halogens is 1. The van der Waals surface area contributed by atoms with Crippen molar-refractivity contribution in [2.45, 2.75) is 19.6 Å². The van der Waals surface area contributed by atoms with Gasteiger partial charge < -0.3 is 18.6 Å². The molecule has 0 bridgehead atoms. The van der Waals surface area contributed by atoms with E-state index in [0.29, 0.717) is 35.8 Å². The van der Waals surface area contributed by atoms with Gasteiger partial charge in [0.05, 0.1) is 11.9 Å². The number of fused-ring (bicyclic) bond motifs is 2. The second kappa shape index (κ2) is 7.48. The van der Waals surface area contributed by atoms with E-state index in [0.717, 1.165) is 10.0 Å². The molecule has 1 aromatic heterocycles. The van der Waals surface area contributed by atoms with Crippen LogP contribution in [0.25, 0.3) is 11.1 Å². The number of carbonyl (C=O) groups excluding carboxylic acids is 1. The molecule has 2 heterocycles. The first-order valence-corrected chi connectivity index (χ1v) is 9.23. The molecule has 8 heteroatoms. The maximum atomic E-state index is 12.1. The third kappa shape index (κ3) is 3.71. The highest BCUT2D eigenvalue weighted by Crippen LogP contribution is 2.35. The molecule has 0 aliphatic carbocycles. The molecule has 1 aliphatic rings. The number of nitrogens with zero attached hydrogens (tertiary/aromatic N) is 1. The average molecular weight is 434 g/mol. The molecule has 0 saturated carbocycles. The molecule has 0 saturated heterocycles. The number of rotatable bonds is 5. The van der Waals surface area contributed by atoms with E-state index in [1.165, 1.54) is 4.57 Å². The van der Waals surface area contributed by atoms with Crippen molar-refractivity contribution in [3.05, 3.63) is 57.0 Å². The lowest BCUT2D eigenvalue weighted by molar-refractivity contribution is -0.145. The van der Waals surface area contributed by atoms with Crippen LogP contribution in [0.5, 0.6) is 11.5 Å². The highest BCUT2D eigenvalue weighted by atomic mass is 79.9. The Hall–Kier alpha value is -2.74. The van der Waals surface area contributed by atoms with Crippen LogP contribution < -0.4 is 15.2 Å². The van der Waals surface area contributed by atoms with Crippen LogP contribution in [0.1, 0.15) is 12.0 Å². The third-order valence-corrected chi connectivity index (χ3v) is 4.95. The maximum absolute atomic E-state index is 12.1. The summed E-state index contributed by atoms with van der Waals surface area (Å²) in [6.45, 7) is 1.28. The molecule has 3 aromatic rings. The van der Waals surface area contributed by atoms with Crippen molar-refractivity contribution in [3.63, 3.8) is 0 Å². The van der Waals surface area contributed by atoms with Gasteiger partial charge in [-0.1, -0.05) is 28.1 Å². The van der Waals surface area contributed by atoms with Gasteiger partial charge >= 0.3 is 11.7 Å². The number of aryl methyl sites for hydroxylation is 1. The van der Waals surface area contributed by atoms with Gasteiger partial charge in [-0.3, -0.25) is 9.36 Å². The molecule has 0 N–H and O–H groups in total. The number of oxazole rings is 1. The van der Waals surface area contributed by atoms with Crippen LogP contribution in [-0.4, -0.2) is 23.8 Å². The van der Waals surface area contributed by atoms with Crippen molar-refractivity contribution < 1.29 is 23.4 Å². The summed E-state index contributed by atoms with van der Waals surface area (Å²) in [6, 6.07) is 10.7. The topological polar surface area (TPSA) is 79.9 Å². The highest BCUT2D eigenvalue weighted by molar-refractivity contribution is 9.10. The van der Waals surface area contributed by atoms with Gasteiger partial charge in [0, 0.05) is 16.6 Å². The van der Waals surface area contributed by atoms with Gasteiger partial charge in [-0.15, -0.1) is 0 Å². The van der Waals surface area contributed by atoms with E-state index < -0.39 is 11.7 Å². The Morgan fingerprint density at radius 3 is 2.70 bits per heavy atom. The molecular weight excluding hydrogens is 418 g/mol. The number of ether oxygens (including phenoxy) is 3. The minimum atomic E-state index is -0.487. The summed E-state index contributed by atoms with van der Waals surface area (Å²) in [5.74, 6) is 0.397. The summed E-state index contributed by atoms with van der Waals surface area (Å²) in [4.78, 5) is 24.0. The van der Waals surface area contributed by atoms with Crippen LogP contribution in [0.2, 0.25) is 0 Å². The zero-order valence-electron chi connectivity index (χ0n) is 14.3. The van der Waals surface area contributed by atoms with Gasteiger partial charge in [-0.05, 0) is 24.3 Å². The lowest BCUT2D eigenvalue weighted by Crippen LogP contribution is -2.18. The van der Waals surface area contributed by atoms with Crippen LogP contribution in [0, 0.1) is 0 Å². The van der Waals surface area contributed by atoms with E-state index in [9.17, 15) is 9.59 Å². The largest absolute Gasteiger partial charge is 0.486 e. The Balaban J connectivity index is 1.39. The van der Waals surface area contributed by atoms with E-state index in [1.54, 1.807) is 30.3 Å². The standard InChI is InChI=1S/C19H16BrNO6/c20-13-10-17-16(24-7-8-25-17)9-12(13)11-26-18(22)5-6-21-14-3-1-2-4-15(14)27-19(21)23/h1-4,9-10H,5-8,11H2. The Kier molecular flexibility index (Phi) is 4.89. The predicted octanol–water partition coefficient (Wildman–Crippen LogP) is 3.26. The summed E-state index contributed by atoms with van der Waals surface area (Å²) >= 11 is 3.45. The van der Waals surface area contributed by atoms with Gasteiger partial charge in [-0.2, -0.15) is 0 Å². The van der Waals surface area contributed by atoms with Crippen molar-refractivity contribution in [2.75, 3.05) is 13.2 Å². The molecular formula is C19H16BrNO6. The van der Waals surface area contributed by atoms with Gasteiger partial charge in [-0.25, -0.2) is 4.79 Å². The lowest BCUT2D eigenvalue weighted by Gasteiger charge is -2.19. The fourth-order valence-electron chi connectivity index (χ4n) is 2.88. The first kappa shape index (κ1) is 17.7. The second-order valence-electron chi connectivity index (χ2n) is 5.99. The molecule has 7 nitrogen and oxygen atoms in total.